The summed E-state index contributed by atoms with van der Waals surface area (Å²) in [6, 6.07) is 8.78. The molecule has 0 spiro atoms. The quantitative estimate of drug-likeness (QED) is 0.704. The molecule has 0 radical (unpaired) electrons. The van der Waals surface area contributed by atoms with E-state index in [1.54, 1.807) is 0 Å². The minimum Gasteiger partial charge on any atom is -0.494 e. The van der Waals surface area contributed by atoms with E-state index in [0.717, 1.165) is 51.3 Å². The van der Waals surface area contributed by atoms with E-state index in [2.05, 4.69) is 28.9 Å². The van der Waals surface area contributed by atoms with E-state index in [4.69, 9.17) is 9.84 Å². The van der Waals surface area contributed by atoms with Crippen molar-refractivity contribution in [1.29, 1.82) is 0 Å². The third kappa shape index (κ3) is 5.80. The molecule has 0 aromatic heterocycles. The second-order valence-electron chi connectivity index (χ2n) is 6.51. The maximum absolute atomic E-state index is 10.6. The van der Waals surface area contributed by atoms with Crippen molar-refractivity contribution >= 4 is 5.97 Å². The molecule has 134 valence electrons. The van der Waals surface area contributed by atoms with Gasteiger partial charge in [-0.3, -0.25) is 14.6 Å². The van der Waals surface area contributed by atoms with Gasteiger partial charge in [-0.1, -0.05) is 18.2 Å². The SMILES string of the molecule is CCOc1ccccc1CN1CCN(CCCCC(=O)O)C(C)C1. The summed E-state index contributed by atoms with van der Waals surface area (Å²) in [5.74, 6) is 0.296. The molecule has 0 saturated carbocycles. The topological polar surface area (TPSA) is 53.0 Å². The van der Waals surface area contributed by atoms with Crippen LogP contribution in [-0.2, 0) is 11.3 Å². The molecular formula is C19H30N2O3. The van der Waals surface area contributed by atoms with E-state index in [9.17, 15) is 4.79 Å². The van der Waals surface area contributed by atoms with Gasteiger partial charge in [0.25, 0.3) is 0 Å². The molecule has 1 saturated heterocycles. The van der Waals surface area contributed by atoms with Crippen LogP contribution in [0.25, 0.3) is 0 Å². The summed E-state index contributed by atoms with van der Waals surface area (Å²) >= 11 is 0. The van der Waals surface area contributed by atoms with Gasteiger partial charge in [-0.25, -0.2) is 0 Å². The zero-order valence-corrected chi connectivity index (χ0v) is 14.9. The molecule has 1 N–H and O–H groups in total. The van der Waals surface area contributed by atoms with Crippen LogP contribution in [0.2, 0.25) is 0 Å². The first-order valence-electron chi connectivity index (χ1n) is 8.99. The number of para-hydroxylation sites is 1. The molecule has 0 bridgehead atoms. The van der Waals surface area contributed by atoms with Gasteiger partial charge in [-0.05, 0) is 39.3 Å². The molecule has 1 heterocycles. The van der Waals surface area contributed by atoms with Crippen LogP contribution in [0.1, 0.15) is 38.7 Å². The van der Waals surface area contributed by atoms with Gasteiger partial charge in [-0.15, -0.1) is 0 Å². The lowest BCUT2D eigenvalue weighted by Gasteiger charge is -2.40. The molecule has 1 aromatic rings. The number of carbonyl (C=O) groups is 1. The predicted molar refractivity (Wildman–Crippen MR) is 95.4 cm³/mol. The van der Waals surface area contributed by atoms with Crippen LogP contribution in [0.4, 0.5) is 0 Å². The van der Waals surface area contributed by atoms with Gasteiger partial charge in [0.1, 0.15) is 5.75 Å². The third-order valence-electron chi connectivity index (χ3n) is 4.60. The van der Waals surface area contributed by atoms with Crippen LogP contribution in [0, 0.1) is 0 Å². The number of nitrogens with zero attached hydrogens (tertiary/aromatic N) is 2. The highest BCUT2D eigenvalue weighted by Gasteiger charge is 2.23. The second kappa shape index (κ2) is 9.64. The van der Waals surface area contributed by atoms with E-state index < -0.39 is 5.97 Å². The van der Waals surface area contributed by atoms with Crippen LogP contribution in [0.5, 0.6) is 5.75 Å². The Bertz CT molecular complexity index is 521. The van der Waals surface area contributed by atoms with E-state index >= 15 is 0 Å². The molecule has 1 aliphatic rings. The normalized spacial score (nSPS) is 19.3. The largest absolute Gasteiger partial charge is 0.494 e. The molecule has 1 aliphatic heterocycles. The van der Waals surface area contributed by atoms with Gasteiger partial charge >= 0.3 is 5.97 Å². The van der Waals surface area contributed by atoms with Gasteiger partial charge in [0.2, 0.25) is 0 Å². The number of carboxylic acids is 1. The minimum absolute atomic E-state index is 0.280. The van der Waals surface area contributed by atoms with Crippen molar-refractivity contribution in [3.8, 4) is 5.75 Å². The smallest absolute Gasteiger partial charge is 0.303 e. The van der Waals surface area contributed by atoms with Crippen LogP contribution in [0.3, 0.4) is 0 Å². The second-order valence-corrected chi connectivity index (χ2v) is 6.51. The van der Waals surface area contributed by atoms with Gasteiger partial charge in [0.15, 0.2) is 0 Å². The monoisotopic (exact) mass is 334 g/mol. The average molecular weight is 334 g/mol. The number of benzene rings is 1. The molecule has 0 aliphatic carbocycles. The fourth-order valence-corrected chi connectivity index (χ4v) is 3.31. The molecule has 1 aromatic carbocycles. The molecular weight excluding hydrogens is 304 g/mol. The zero-order chi connectivity index (χ0) is 17.4. The maximum atomic E-state index is 10.6. The number of hydrogen-bond acceptors (Lipinski definition) is 4. The van der Waals surface area contributed by atoms with Crippen LogP contribution in [0.15, 0.2) is 24.3 Å². The first kappa shape index (κ1) is 18.7. The van der Waals surface area contributed by atoms with Crippen molar-refractivity contribution in [1.82, 2.24) is 9.80 Å². The molecule has 5 heteroatoms. The van der Waals surface area contributed by atoms with Gasteiger partial charge in [-0.2, -0.15) is 0 Å². The van der Waals surface area contributed by atoms with Crippen LogP contribution >= 0.6 is 0 Å². The zero-order valence-electron chi connectivity index (χ0n) is 14.9. The van der Waals surface area contributed by atoms with Crippen molar-refractivity contribution < 1.29 is 14.6 Å². The minimum atomic E-state index is -0.694. The Morgan fingerprint density at radius 1 is 1.29 bits per heavy atom. The Kier molecular flexibility index (Phi) is 7.53. The number of ether oxygens (including phenoxy) is 1. The van der Waals surface area contributed by atoms with Crippen LogP contribution < -0.4 is 4.74 Å². The highest BCUT2D eigenvalue weighted by Crippen LogP contribution is 2.21. The molecule has 2 rings (SSSR count). The summed E-state index contributed by atoms with van der Waals surface area (Å²) in [6.45, 7) is 10.0. The summed E-state index contributed by atoms with van der Waals surface area (Å²) in [7, 11) is 0. The Labute approximate surface area is 145 Å². The fraction of sp³-hybridized carbons (Fsp3) is 0.632. The first-order chi connectivity index (χ1) is 11.6. The number of hydrogen-bond donors (Lipinski definition) is 1. The Hall–Kier alpha value is -1.59. The molecule has 1 atom stereocenters. The van der Waals surface area contributed by atoms with Crippen molar-refractivity contribution in [3.63, 3.8) is 0 Å². The van der Waals surface area contributed by atoms with Crippen molar-refractivity contribution in [2.24, 2.45) is 0 Å². The van der Waals surface area contributed by atoms with Crippen LogP contribution in [-0.4, -0.2) is 59.7 Å². The Morgan fingerprint density at radius 3 is 2.79 bits per heavy atom. The van der Waals surface area contributed by atoms with Crippen molar-refractivity contribution in [3.05, 3.63) is 29.8 Å². The maximum Gasteiger partial charge on any atom is 0.303 e. The van der Waals surface area contributed by atoms with Gasteiger partial charge in [0, 0.05) is 44.2 Å². The number of carboxylic acid groups (broad SMARTS) is 1. The number of rotatable bonds is 9. The van der Waals surface area contributed by atoms with Gasteiger partial charge < -0.3 is 9.84 Å². The summed E-state index contributed by atoms with van der Waals surface area (Å²) in [5, 5.41) is 8.71. The first-order valence-corrected chi connectivity index (χ1v) is 8.99. The van der Waals surface area contributed by atoms with E-state index in [1.807, 2.05) is 19.1 Å². The highest BCUT2D eigenvalue weighted by molar-refractivity contribution is 5.66. The number of unbranched alkanes of at least 4 members (excludes halogenated alkanes) is 1. The average Bonchev–Trinajstić information content (AvgIpc) is 2.55. The summed E-state index contributed by atoms with van der Waals surface area (Å²) in [6.07, 6.45) is 2.01. The summed E-state index contributed by atoms with van der Waals surface area (Å²) < 4.78 is 5.73. The lowest BCUT2D eigenvalue weighted by atomic mass is 10.1. The molecule has 1 unspecified atom stereocenters. The summed E-state index contributed by atoms with van der Waals surface area (Å²) in [5.41, 5.74) is 1.25. The number of piperazine rings is 1. The molecule has 0 amide bonds. The Balaban J connectivity index is 1.79. The third-order valence-corrected chi connectivity index (χ3v) is 4.60. The van der Waals surface area contributed by atoms with E-state index in [-0.39, 0.29) is 6.42 Å². The van der Waals surface area contributed by atoms with Crippen molar-refractivity contribution in [2.75, 3.05) is 32.8 Å². The molecule has 5 nitrogen and oxygen atoms in total. The van der Waals surface area contributed by atoms with Crippen molar-refractivity contribution in [2.45, 2.75) is 45.7 Å². The molecule has 24 heavy (non-hydrogen) atoms. The highest BCUT2D eigenvalue weighted by atomic mass is 16.5. The standard InChI is InChI=1S/C19H30N2O3/c1-3-24-18-9-5-4-8-17(18)15-20-12-13-21(16(2)14-20)11-7-6-10-19(22)23/h4-5,8-9,16H,3,6-7,10-15H2,1-2H3,(H,22,23). The summed E-state index contributed by atoms with van der Waals surface area (Å²) in [4.78, 5) is 15.5. The number of aliphatic carboxylic acids is 1. The van der Waals surface area contributed by atoms with E-state index in [0.29, 0.717) is 12.6 Å². The fourth-order valence-electron chi connectivity index (χ4n) is 3.31. The lowest BCUT2D eigenvalue weighted by Crippen LogP contribution is -2.51. The lowest BCUT2D eigenvalue weighted by molar-refractivity contribution is -0.137. The Morgan fingerprint density at radius 2 is 2.08 bits per heavy atom. The predicted octanol–water partition coefficient (Wildman–Crippen LogP) is 2.85. The van der Waals surface area contributed by atoms with Gasteiger partial charge in [0.05, 0.1) is 6.61 Å². The molecule has 1 fully saturated rings. The van der Waals surface area contributed by atoms with E-state index in [1.165, 1.54) is 5.56 Å².